The number of hydrogen-bond acceptors (Lipinski definition) is 2. The molecule has 1 aromatic heterocycles. The SMILES string of the molecule is C=C[C@H]1C(=C)C[C@H](C(=O)c2nccn2-c2ccccc2)[C@H]1c1ccc(Cl)cc1. The van der Waals surface area contributed by atoms with E-state index >= 15 is 0 Å². The summed E-state index contributed by atoms with van der Waals surface area (Å²) in [6.07, 6.45) is 6.03. The Kier molecular flexibility index (Phi) is 5.01. The van der Waals surface area contributed by atoms with Crippen molar-refractivity contribution in [1.82, 2.24) is 9.55 Å². The summed E-state index contributed by atoms with van der Waals surface area (Å²) in [7, 11) is 0. The van der Waals surface area contributed by atoms with Gasteiger partial charge in [-0.25, -0.2) is 4.98 Å². The van der Waals surface area contributed by atoms with E-state index in [1.165, 1.54) is 0 Å². The first kappa shape index (κ1) is 18.5. The smallest absolute Gasteiger partial charge is 0.202 e. The molecule has 2 aromatic carbocycles. The summed E-state index contributed by atoms with van der Waals surface area (Å²) < 4.78 is 1.85. The highest BCUT2D eigenvalue weighted by Crippen LogP contribution is 2.48. The van der Waals surface area contributed by atoms with Crippen molar-refractivity contribution in [2.45, 2.75) is 12.3 Å². The van der Waals surface area contributed by atoms with E-state index in [1.807, 2.05) is 71.4 Å². The molecule has 1 fully saturated rings. The van der Waals surface area contributed by atoms with E-state index < -0.39 is 0 Å². The summed E-state index contributed by atoms with van der Waals surface area (Å²) in [5.74, 6) is 0.277. The number of Topliss-reactive ketones (excluding diaryl/α,β-unsaturated/α-hetero) is 1. The van der Waals surface area contributed by atoms with E-state index in [4.69, 9.17) is 11.6 Å². The van der Waals surface area contributed by atoms with E-state index in [2.05, 4.69) is 18.1 Å². The number of hydrogen-bond donors (Lipinski definition) is 0. The quantitative estimate of drug-likeness (QED) is 0.404. The van der Waals surface area contributed by atoms with Crippen LogP contribution in [0.5, 0.6) is 0 Å². The lowest BCUT2D eigenvalue weighted by Crippen LogP contribution is -2.23. The lowest BCUT2D eigenvalue weighted by molar-refractivity contribution is 0.0897. The van der Waals surface area contributed by atoms with E-state index in [1.54, 1.807) is 6.20 Å². The third-order valence-corrected chi connectivity index (χ3v) is 5.77. The van der Waals surface area contributed by atoms with Gasteiger partial charge in [0.25, 0.3) is 0 Å². The third-order valence-electron chi connectivity index (χ3n) is 5.51. The minimum atomic E-state index is -0.235. The number of benzene rings is 2. The fourth-order valence-corrected chi connectivity index (χ4v) is 4.32. The summed E-state index contributed by atoms with van der Waals surface area (Å²) >= 11 is 6.07. The molecule has 3 aromatic rings. The zero-order chi connectivity index (χ0) is 19.7. The van der Waals surface area contributed by atoms with Crippen molar-refractivity contribution < 1.29 is 4.79 Å². The maximum atomic E-state index is 13.6. The largest absolute Gasteiger partial charge is 0.297 e. The lowest BCUT2D eigenvalue weighted by atomic mass is 9.81. The van der Waals surface area contributed by atoms with Crippen LogP contribution >= 0.6 is 11.6 Å². The minimum Gasteiger partial charge on any atom is -0.297 e. The molecule has 0 bridgehead atoms. The summed E-state index contributed by atoms with van der Waals surface area (Å²) in [6, 6.07) is 17.5. The number of carbonyl (C=O) groups is 1. The lowest BCUT2D eigenvalue weighted by Gasteiger charge is -2.23. The van der Waals surface area contributed by atoms with Gasteiger partial charge in [0.2, 0.25) is 5.78 Å². The summed E-state index contributed by atoms with van der Waals surface area (Å²) in [5, 5.41) is 0.679. The average molecular weight is 389 g/mol. The predicted molar refractivity (Wildman–Crippen MR) is 113 cm³/mol. The van der Waals surface area contributed by atoms with Crippen molar-refractivity contribution in [1.29, 1.82) is 0 Å². The molecule has 4 rings (SSSR count). The average Bonchev–Trinajstić information content (AvgIpc) is 3.33. The summed E-state index contributed by atoms with van der Waals surface area (Å²) in [5.41, 5.74) is 3.03. The molecule has 3 atom stereocenters. The molecule has 0 aliphatic heterocycles. The number of ketones is 1. The first-order chi connectivity index (χ1) is 13.6. The van der Waals surface area contributed by atoms with Crippen LogP contribution in [-0.4, -0.2) is 15.3 Å². The molecule has 3 nitrogen and oxygen atoms in total. The number of carbonyl (C=O) groups excluding carboxylic acids is 1. The van der Waals surface area contributed by atoms with Crippen LogP contribution in [0.4, 0.5) is 0 Å². The van der Waals surface area contributed by atoms with E-state index in [9.17, 15) is 4.79 Å². The van der Waals surface area contributed by atoms with Crippen LogP contribution in [0.25, 0.3) is 5.69 Å². The summed E-state index contributed by atoms with van der Waals surface area (Å²) in [4.78, 5) is 18.0. The van der Waals surface area contributed by atoms with Crippen LogP contribution in [0.2, 0.25) is 5.02 Å². The molecule has 0 radical (unpaired) electrons. The van der Waals surface area contributed by atoms with Gasteiger partial charge < -0.3 is 0 Å². The van der Waals surface area contributed by atoms with Gasteiger partial charge in [-0.3, -0.25) is 9.36 Å². The number of aromatic nitrogens is 2. The number of para-hydroxylation sites is 1. The predicted octanol–water partition coefficient (Wildman–Crippen LogP) is 5.87. The van der Waals surface area contributed by atoms with Crippen molar-refractivity contribution in [2.24, 2.45) is 11.8 Å². The second-order valence-electron chi connectivity index (χ2n) is 7.13. The molecule has 1 saturated carbocycles. The number of imidazole rings is 1. The molecule has 0 amide bonds. The zero-order valence-electron chi connectivity index (χ0n) is 15.5. The molecule has 28 heavy (non-hydrogen) atoms. The molecule has 0 saturated heterocycles. The van der Waals surface area contributed by atoms with Crippen LogP contribution in [0.3, 0.4) is 0 Å². The van der Waals surface area contributed by atoms with Gasteiger partial charge >= 0.3 is 0 Å². The Balaban J connectivity index is 1.74. The van der Waals surface area contributed by atoms with E-state index in [0.717, 1.165) is 16.8 Å². The second kappa shape index (κ2) is 7.61. The molecule has 1 aliphatic rings. The Hall–Kier alpha value is -2.91. The van der Waals surface area contributed by atoms with Gasteiger partial charge in [-0.05, 0) is 36.2 Å². The molecular weight excluding hydrogens is 368 g/mol. The highest BCUT2D eigenvalue weighted by Gasteiger charge is 2.43. The van der Waals surface area contributed by atoms with Gasteiger partial charge in [-0.2, -0.15) is 0 Å². The first-order valence-corrected chi connectivity index (χ1v) is 9.66. The number of rotatable bonds is 5. The Morgan fingerprint density at radius 3 is 2.54 bits per heavy atom. The Bertz CT molecular complexity index is 1020. The first-order valence-electron chi connectivity index (χ1n) is 9.29. The topological polar surface area (TPSA) is 34.9 Å². The van der Waals surface area contributed by atoms with Crippen molar-refractivity contribution in [2.75, 3.05) is 0 Å². The third kappa shape index (κ3) is 3.23. The minimum absolute atomic E-state index is 0.0179. The molecule has 0 unspecified atom stereocenters. The van der Waals surface area contributed by atoms with Gasteiger partial charge in [0, 0.05) is 40.9 Å². The van der Waals surface area contributed by atoms with Gasteiger partial charge in [0.15, 0.2) is 5.82 Å². The van der Waals surface area contributed by atoms with Crippen LogP contribution in [-0.2, 0) is 0 Å². The van der Waals surface area contributed by atoms with Crippen LogP contribution in [0.1, 0.15) is 28.5 Å². The van der Waals surface area contributed by atoms with Crippen molar-refractivity contribution in [3.63, 3.8) is 0 Å². The van der Waals surface area contributed by atoms with Crippen LogP contribution in [0.15, 0.2) is 91.8 Å². The fraction of sp³-hybridized carbons (Fsp3) is 0.167. The van der Waals surface area contributed by atoms with E-state index in [0.29, 0.717) is 17.3 Å². The van der Waals surface area contributed by atoms with Gasteiger partial charge in [-0.15, -0.1) is 6.58 Å². The maximum absolute atomic E-state index is 13.6. The fourth-order valence-electron chi connectivity index (χ4n) is 4.19. The highest BCUT2D eigenvalue weighted by molar-refractivity contribution is 6.30. The number of halogens is 1. The van der Waals surface area contributed by atoms with Crippen LogP contribution in [0, 0.1) is 11.8 Å². The van der Waals surface area contributed by atoms with Crippen LogP contribution < -0.4 is 0 Å². The molecule has 1 heterocycles. The zero-order valence-corrected chi connectivity index (χ0v) is 16.2. The Labute approximate surface area is 170 Å². The number of allylic oxidation sites excluding steroid dienone is 2. The van der Waals surface area contributed by atoms with Crippen molar-refractivity contribution >= 4 is 17.4 Å². The molecule has 0 N–H and O–H groups in total. The molecule has 1 aliphatic carbocycles. The standard InChI is InChI=1S/C24H21ClN2O/c1-3-20-16(2)15-21(22(20)17-9-11-18(25)12-10-17)23(28)24-26-13-14-27(24)19-7-5-4-6-8-19/h3-14,20-22H,1-2,15H2/t20-,21-,22-/m0/s1. The molecular formula is C24H21ClN2O. The van der Waals surface area contributed by atoms with Gasteiger partial charge in [-0.1, -0.05) is 60.2 Å². The van der Waals surface area contributed by atoms with Crippen molar-refractivity contribution in [3.05, 3.63) is 108 Å². The Morgan fingerprint density at radius 2 is 1.86 bits per heavy atom. The Morgan fingerprint density at radius 1 is 1.14 bits per heavy atom. The molecule has 140 valence electrons. The van der Waals surface area contributed by atoms with Crippen molar-refractivity contribution in [3.8, 4) is 5.69 Å². The summed E-state index contributed by atoms with van der Waals surface area (Å²) in [6.45, 7) is 8.21. The molecule has 0 spiro atoms. The van der Waals surface area contributed by atoms with Gasteiger partial charge in [0.05, 0.1) is 0 Å². The normalized spacial score (nSPS) is 21.6. The molecule has 4 heteroatoms. The van der Waals surface area contributed by atoms with E-state index in [-0.39, 0.29) is 23.5 Å². The monoisotopic (exact) mass is 388 g/mol. The number of nitrogens with zero attached hydrogens (tertiary/aromatic N) is 2. The second-order valence-corrected chi connectivity index (χ2v) is 7.56. The van der Waals surface area contributed by atoms with Gasteiger partial charge in [0.1, 0.15) is 0 Å². The highest BCUT2D eigenvalue weighted by atomic mass is 35.5. The maximum Gasteiger partial charge on any atom is 0.202 e.